The molecule has 0 spiro atoms. The van der Waals surface area contributed by atoms with E-state index >= 15 is 0 Å². The van der Waals surface area contributed by atoms with Gasteiger partial charge in [-0.1, -0.05) is 36.8 Å². The molecule has 128 valence electrons. The predicted molar refractivity (Wildman–Crippen MR) is 98.7 cm³/mol. The van der Waals surface area contributed by atoms with Gasteiger partial charge in [0, 0.05) is 29.2 Å². The number of benzene rings is 2. The molecule has 1 aliphatic rings. The van der Waals surface area contributed by atoms with Crippen LogP contribution >= 0.6 is 0 Å². The third-order valence-electron chi connectivity index (χ3n) is 5.09. The number of para-hydroxylation sites is 1. The quantitative estimate of drug-likeness (QED) is 0.557. The van der Waals surface area contributed by atoms with E-state index in [9.17, 15) is 10.1 Å². The Bertz CT molecular complexity index is 879. The Kier molecular flexibility index (Phi) is 4.24. The molecule has 0 aliphatic carbocycles. The zero-order valence-corrected chi connectivity index (χ0v) is 14.0. The second kappa shape index (κ2) is 6.69. The molecule has 1 aliphatic heterocycles. The van der Waals surface area contributed by atoms with E-state index in [1.165, 1.54) is 30.2 Å². The number of nitro groups is 1. The Morgan fingerprint density at radius 1 is 1.00 bits per heavy atom. The maximum absolute atomic E-state index is 11.0. The van der Waals surface area contributed by atoms with E-state index in [-0.39, 0.29) is 16.7 Å². The maximum atomic E-state index is 11.0. The van der Waals surface area contributed by atoms with Crippen molar-refractivity contribution in [1.29, 1.82) is 0 Å². The van der Waals surface area contributed by atoms with Gasteiger partial charge in [-0.05, 0) is 43.1 Å². The molecule has 1 aromatic heterocycles. The third kappa shape index (κ3) is 3.03. The first kappa shape index (κ1) is 15.8. The fourth-order valence-electron chi connectivity index (χ4n) is 3.86. The summed E-state index contributed by atoms with van der Waals surface area (Å²) in [4.78, 5) is 16.5. The van der Waals surface area contributed by atoms with Crippen LogP contribution < -0.4 is 0 Å². The van der Waals surface area contributed by atoms with Crippen LogP contribution in [0.3, 0.4) is 0 Å². The Labute approximate surface area is 146 Å². The summed E-state index contributed by atoms with van der Waals surface area (Å²) in [6, 6.07) is 15.5. The number of aromatic nitrogens is 1. The molecule has 0 saturated carbocycles. The first-order valence-electron chi connectivity index (χ1n) is 8.78. The van der Waals surface area contributed by atoms with Crippen LogP contribution in [-0.2, 0) is 0 Å². The van der Waals surface area contributed by atoms with Gasteiger partial charge in [0.15, 0.2) is 0 Å². The van der Waals surface area contributed by atoms with E-state index in [4.69, 9.17) is 0 Å². The Morgan fingerprint density at radius 3 is 2.44 bits per heavy atom. The standard InChI is InChI=1S/C20H21N3O2/c24-23(25)16-10-8-15(9-11-16)20(22-12-4-1-5-13-22)18-14-21-19-7-3-2-6-17(18)19/h2-3,6-11,14,20-21H,1,4-5,12-13H2. The molecule has 1 N–H and O–H groups in total. The minimum Gasteiger partial charge on any atom is -0.361 e. The molecular weight excluding hydrogens is 314 g/mol. The van der Waals surface area contributed by atoms with Crippen molar-refractivity contribution in [1.82, 2.24) is 9.88 Å². The molecule has 1 unspecified atom stereocenters. The van der Waals surface area contributed by atoms with E-state index in [0.717, 1.165) is 24.2 Å². The highest BCUT2D eigenvalue weighted by atomic mass is 16.6. The number of rotatable bonds is 4. The molecule has 1 saturated heterocycles. The normalized spacial score (nSPS) is 16.8. The number of likely N-dealkylation sites (tertiary alicyclic amines) is 1. The van der Waals surface area contributed by atoms with Crippen molar-refractivity contribution in [2.45, 2.75) is 25.3 Å². The van der Waals surface area contributed by atoms with Crippen LogP contribution in [0.2, 0.25) is 0 Å². The number of non-ortho nitro benzene ring substituents is 1. The maximum Gasteiger partial charge on any atom is 0.269 e. The van der Waals surface area contributed by atoms with Gasteiger partial charge in [-0.25, -0.2) is 0 Å². The van der Waals surface area contributed by atoms with Gasteiger partial charge in [-0.2, -0.15) is 0 Å². The minimum atomic E-state index is -0.342. The fraction of sp³-hybridized carbons (Fsp3) is 0.300. The molecule has 1 fully saturated rings. The molecule has 1 atom stereocenters. The lowest BCUT2D eigenvalue weighted by Crippen LogP contribution is -2.34. The highest BCUT2D eigenvalue weighted by molar-refractivity contribution is 5.84. The van der Waals surface area contributed by atoms with Crippen molar-refractivity contribution in [3.05, 3.63) is 76.0 Å². The van der Waals surface area contributed by atoms with Gasteiger partial charge in [0.05, 0.1) is 11.0 Å². The predicted octanol–water partition coefficient (Wildman–Crippen LogP) is 4.65. The first-order chi connectivity index (χ1) is 12.2. The SMILES string of the molecule is O=[N+]([O-])c1ccc(C(c2c[nH]c3ccccc23)N2CCCCC2)cc1. The first-order valence-corrected chi connectivity index (χ1v) is 8.78. The number of nitrogens with zero attached hydrogens (tertiary/aromatic N) is 2. The molecule has 0 amide bonds. The Morgan fingerprint density at radius 2 is 1.72 bits per heavy atom. The van der Waals surface area contributed by atoms with Crippen molar-refractivity contribution in [3.8, 4) is 0 Å². The molecule has 5 heteroatoms. The number of aromatic amines is 1. The van der Waals surface area contributed by atoms with Crippen LogP contribution in [0.25, 0.3) is 10.9 Å². The van der Waals surface area contributed by atoms with E-state index < -0.39 is 0 Å². The molecule has 2 heterocycles. The summed E-state index contributed by atoms with van der Waals surface area (Å²) < 4.78 is 0. The minimum absolute atomic E-state index is 0.122. The summed E-state index contributed by atoms with van der Waals surface area (Å²) in [5.74, 6) is 0. The van der Waals surface area contributed by atoms with Crippen molar-refractivity contribution >= 4 is 16.6 Å². The average molecular weight is 335 g/mol. The smallest absolute Gasteiger partial charge is 0.269 e. The van der Waals surface area contributed by atoms with Crippen LogP contribution in [-0.4, -0.2) is 27.9 Å². The van der Waals surface area contributed by atoms with E-state index in [0.29, 0.717) is 0 Å². The number of fused-ring (bicyclic) bond motifs is 1. The van der Waals surface area contributed by atoms with Gasteiger partial charge in [0.1, 0.15) is 0 Å². The Balaban J connectivity index is 1.80. The highest BCUT2D eigenvalue weighted by Crippen LogP contribution is 2.35. The second-order valence-electron chi connectivity index (χ2n) is 6.64. The van der Waals surface area contributed by atoms with Crippen LogP contribution in [0.15, 0.2) is 54.7 Å². The summed E-state index contributed by atoms with van der Waals surface area (Å²) in [5, 5.41) is 12.2. The summed E-state index contributed by atoms with van der Waals surface area (Å²) in [5.41, 5.74) is 3.62. The van der Waals surface area contributed by atoms with Crippen molar-refractivity contribution in [2.75, 3.05) is 13.1 Å². The zero-order chi connectivity index (χ0) is 17.2. The molecular formula is C20H21N3O2. The van der Waals surface area contributed by atoms with Crippen LogP contribution in [0, 0.1) is 10.1 Å². The van der Waals surface area contributed by atoms with Crippen molar-refractivity contribution < 1.29 is 4.92 Å². The van der Waals surface area contributed by atoms with E-state index in [1.54, 1.807) is 12.1 Å². The number of nitro benzene ring substituents is 1. The molecule has 0 radical (unpaired) electrons. The molecule has 3 aromatic rings. The number of nitrogens with one attached hydrogen (secondary N) is 1. The van der Waals surface area contributed by atoms with Crippen LogP contribution in [0.4, 0.5) is 5.69 Å². The lowest BCUT2D eigenvalue weighted by atomic mass is 9.94. The molecule has 25 heavy (non-hydrogen) atoms. The summed E-state index contributed by atoms with van der Waals surface area (Å²) in [6.45, 7) is 2.11. The molecule has 2 aromatic carbocycles. The summed E-state index contributed by atoms with van der Waals surface area (Å²) in [6.07, 6.45) is 5.76. The number of piperidine rings is 1. The van der Waals surface area contributed by atoms with Gasteiger partial charge >= 0.3 is 0 Å². The lowest BCUT2D eigenvalue weighted by molar-refractivity contribution is -0.384. The van der Waals surface area contributed by atoms with Gasteiger partial charge in [0.25, 0.3) is 5.69 Å². The molecule has 0 bridgehead atoms. The van der Waals surface area contributed by atoms with Gasteiger partial charge in [-0.3, -0.25) is 15.0 Å². The number of hydrogen-bond donors (Lipinski definition) is 1. The fourth-order valence-corrected chi connectivity index (χ4v) is 3.86. The second-order valence-corrected chi connectivity index (χ2v) is 6.64. The van der Waals surface area contributed by atoms with Crippen molar-refractivity contribution in [2.24, 2.45) is 0 Å². The Hall–Kier alpha value is -2.66. The topological polar surface area (TPSA) is 62.2 Å². The van der Waals surface area contributed by atoms with E-state index in [1.807, 2.05) is 18.2 Å². The zero-order valence-electron chi connectivity index (χ0n) is 14.0. The monoisotopic (exact) mass is 335 g/mol. The van der Waals surface area contributed by atoms with Crippen LogP contribution in [0.5, 0.6) is 0 Å². The van der Waals surface area contributed by atoms with Crippen molar-refractivity contribution in [3.63, 3.8) is 0 Å². The molecule has 5 nitrogen and oxygen atoms in total. The largest absolute Gasteiger partial charge is 0.361 e. The third-order valence-corrected chi connectivity index (χ3v) is 5.09. The van der Waals surface area contributed by atoms with Crippen LogP contribution in [0.1, 0.15) is 36.4 Å². The van der Waals surface area contributed by atoms with E-state index in [2.05, 4.69) is 34.3 Å². The summed E-state index contributed by atoms with van der Waals surface area (Å²) in [7, 11) is 0. The van der Waals surface area contributed by atoms with Gasteiger partial charge in [-0.15, -0.1) is 0 Å². The number of H-pyrrole nitrogens is 1. The number of hydrogen-bond acceptors (Lipinski definition) is 3. The summed E-state index contributed by atoms with van der Waals surface area (Å²) >= 11 is 0. The molecule has 4 rings (SSSR count). The van der Waals surface area contributed by atoms with Gasteiger partial charge in [0.2, 0.25) is 0 Å². The van der Waals surface area contributed by atoms with Gasteiger partial charge < -0.3 is 4.98 Å². The highest BCUT2D eigenvalue weighted by Gasteiger charge is 2.26. The average Bonchev–Trinajstić information content (AvgIpc) is 3.07. The lowest BCUT2D eigenvalue weighted by Gasteiger charge is -2.35.